The van der Waals surface area contributed by atoms with Crippen molar-refractivity contribution in [3.8, 4) is 5.75 Å². The molecular formula is C33H46N8O8S. The monoisotopic (exact) mass is 714 g/mol. The van der Waals surface area contributed by atoms with Crippen LogP contribution in [0.1, 0.15) is 37.3 Å². The number of esters is 1. The number of amides is 5. The molecule has 0 aliphatic carbocycles. The fourth-order valence-electron chi connectivity index (χ4n) is 5.38. The minimum Gasteiger partial charge on any atom is -0.427 e. The molecule has 17 heteroatoms. The number of benzene rings is 2. The van der Waals surface area contributed by atoms with Gasteiger partial charge in [0.1, 0.15) is 29.9 Å². The van der Waals surface area contributed by atoms with Crippen LogP contribution in [-0.4, -0.2) is 101 Å². The van der Waals surface area contributed by atoms with Crippen molar-refractivity contribution in [2.45, 2.75) is 63.2 Å². The van der Waals surface area contributed by atoms with Gasteiger partial charge in [-0.25, -0.2) is 0 Å². The third kappa shape index (κ3) is 13.0. The van der Waals surface area contributed by atoms with Gasteiger partial charge in [0, 0.05) is 26.3 Å². The van der Waals surface area contributed by atoms with Gasteiger partial charge in [0.05, 0.1) is 6.54 Å². The van der Waals surface area contributed by atoms with Gasteiger partial charge in [0.15, 0.2) is 5.96 Å². The van der Waals surface area contributed by atoms with Gasteiger partial charge in [0.2, 0.25) is 29.5 Å². The van der Waals surface area contributed by atoms with Gasteiger partial charge in [-0.15, -0.1) is 0 Å². The van der Waals surface area contributed by atoms with Gasteiger partial charge >= 0.3 is 5.97 Å². The van der Waals surface area contributed by atoms with Crippen LogP contribution in [-0.2, 0) is 41.6 Å². The zero-order valence-corrected chi connectivity index (χ0v) is 28.8. The van der Waals surface area contributed by atoms with Crippen molar-refractivity contribution in [1.82, 2.24) is 26.2 Å². The van der Waals surface area contributed by atoms with Crippen molar-refractivity contribution in [2.24, 2.45) is 11.5 Å². The Morgan fingerprint density at radius 1 is 0.900 bits per heavy atom. The molecule has 0 aromatic heterocycles. The van der Waals surface area contributed by atoms with Crippen LogP contribution in [0.5, 0.6) is 5.75 Å². The second-order valence-electron chi connectivity index (χ2n) is 11.5. The highest BCUT2D eigenvalue weighted by molar-refractivity contribution is 7.98. The van der Waals surface area contributed by atoms with Gasteiger partial charge in [-0.05, 0) is 54.5 Å². The lowest BCUT2D eigenvalue weighted by Crippen LogP contribution is -2.57. The Hall–Kier alpha value is -5.16. The lowest BCUT2D eigenvalue weighted by Gasteiger charge is -2.28. The van der Waals surface area contributed by atoms with E-state index in [2.05, 4.69) is 21.3 Å². The van der Waals surface area contributed by atoms with E-state index in [1.54, 1.807) is 24.3 Å². The first-order valence-corrected chi connectivity index (χ1v) is 17.1. The first kappa shape index (κ1) is 41.0. The number of hydrogen-bond donors (Lipinski definition) is 7. The van der Waals surface area contributed by atoms with Crippen molar-refractivity contribution in [1.29, 1.82) is 5.41 Å². The minimum atomic E-state index is -1.03. The molecule has 0 bridgehead atoms. The first-order valence-electron chi connectivity index (χ1n) is 15.8. The Balaban J connectivity index is 0.00000867. The number of nitrogens with one attached hydrogen (secondary N) is 5. The summed E-state index contributed by atoms with van der Waals surface area (Å²) in [5.74, 6) is -3.00. The fraction of sp³-hybridized carbons (Fsp3) is 0.424. The smallest absolute Gasteiger partial charge is 0.308 e. The number of nitrogens with zero attached hydrogens (tertiary/aromatic N) is 1. The molecule has 2 aromatic carbocycles. The number of primary amides is 1. The van der Waals surface area contributed by atoms with E-state index in [9.17, 15) is 28.8 Å². The van der Waals surface area contributed by atoms with Gasteiger partial charge < -0.3 is 47.8 Å². The van der Waals surface area contributed by atoms with Crippen LogP contribution in [0.4, 0.5) is 0 Å². The predicted molar refractivity (Wildman–Crippen MR) is 188 cm³/mol. The van der Waals surface area contributed by atoms with E-state index in [0.717, 1.165) is 5.56 Å². The van der Waals surface area contributed by atoms with E-state index in [1.165, 1.54) is 23.6 Å². The molecule has 50 heavy (non-hydrogen) atoms. The van der Waals surface area contributed by atoms with E-state index >= 15 is 0 Å². The molecule has 0 radical (unpaired) electrons. The summed E-state index contributed by atoms with van der Waals surface area (Å²) in [5, 5.41) is 18.2. The van der Waals surface area contributed by atoms with Crippen LogP contribution in [0.2, 0.25) is 0 Å². The molecule has 16 nitrogen and oxygen atoms in total. The molecule has 4 atom stereocenters. The third-order valence-electron chi connectivity index (χ3n) is 7.72. The molecule has 3 rings (SSSR count). The largest absolute Gasteiger partial charge is 0.427 e. The number of ether oxygens (including phenoxy) is 1. The molecule has 0 spiro atoms. The molecule has 5 amide bonds. The molecule has 0 unspecified atom stereocenters. The van der Waals surface area contributed by atoms with Crippen LogP contribution >= 0.6 is 11.8 Å². The van der Waals surface area contributed by atoms with Gasteiger partial charge in [-0.3, -0.25) is 34.2 Å². The van der Waals surface area contributed by atoms with Gasteiger partial charge in [-0.2, -0.15) is 11.8 Å². The molecule has 0 saturated carbocycles. The second-order valence-corrected chi connectivity index (χ2v) is 12.5. The van der Waals surface area contributed by atoms with Crippen LogP contribution in [0, 0.1) is 5.41 Å². The summed E-state index contributed by atoms with van der Waals surface area (Å²) in [7, 11) is 0. The quantitative estimate of drug-likeness (QED) is 0.0442. The molecule has 2 aromatic rings. The molecule has 1 fully saturated rings. The van der Waals surface area contributed by atoms with Crippen LogP contribution in [0.3, 0.4) is 0 Å². The Labute approximate surface area is 294 Å². The Bertz CT molecular complexity index is 1490. The van der Waals surface area contributed by atoms with E-state index in [1.807, 2.05) is 36.6 Å². The van der Waals surface area contributed by atoms with E-state index in [0.29, 0.717) is 36.5 Å². The van der Waals surface area contributed by atoms with Crippen molar-refractivity contribution in [2.75, 3.05) is 25.1 Å². The lowest BCUT2D eigenvalue weighted by molar-refractivity contribution is -0.140. The summed E-state index contributed by atoms with van der Waals surface area (Å²) in [6.07, 6.45) is 3.38. The van der Waals surface area contributed by atoms with Crippen molar-refractivity contribution >= 4 is 53.2 Å². The number of likely N-dealkylation sites (tertiary alicyclic amines) is 1. The summed E-state index contributed by atoms with van der Waals surface area (Å²) in [6.45, 7) is 1.13. The number of thioether (sulfide) groups is 1. The molecule has 1 aliphatic heterocycles. The van der Waals surface area contributed by atoms with Crippen LogP contribution in [0.15, 0.2) is 54.6 Å². The topological polar surface area (TPSA) is 270 Å². The standard InChI is InChI=1S/C33H44N8O7S.H2O/c1-20(42)48-23-12-10-22(11-13-23)17-25(40-33(35)36)31(46)39-24(14-16-49-2)30(45)37-19-28(43)38-26(18-21-7-4-3-5-8-21)32(47)41-15-6-9-27(41)29(34)44;/h3-5,7-8,10-13,24-27H,6,9,14-19H2,1-2H3,(H2,34,44)(H,37,45)(H,38,43)(H,39,46)(H4,35,36,40);1H2/t24-,25+,26+,27+;/m1./s1. The zero-order chi connectivity index (χ0) is 35.9. The van der Waals surface area contributed by atoms with E-state index in [-0.39, 0.29) is 24.7 Å². The minimum absolute atomic E-state index is 0. The fourth-order valence-corrected chi connectivity index (χ4v) is 5.85. The number of carbonyl (C=O) groups is 6. The average molecular weight is 715 g/mol. The number of hydrogen-bond acceptors (Lipinski definition) is 9. The highest BCUT2D eigenvalue weighted by Gasteiger charge is 2.37. The van der Waals surface area contributed by atoms with Gasteiger partial charge in [-0.1, -0.05) is 42.5 Å². The highest BCUT2D eigenvalue weighted by atomic mass is 32.2. The maximum absolute atomic E-state index is 13.5. The van der Waals surface area contributed by atoms with Crippen molar-refractivity contribution < 1.29 is 39.0 Å². The summed E-state index contributed by atoms with van der Waals surface area (Å²) < 4.78 is 5.04. The summed E-state index contributed by atoms with van der Waals surface area (Å²) in [5.41, 5.74) is 12.5. The second kappa shape index (κ2) is 20.4. The Morgan fingerprint density at radius 2 is 1.54 bits per heavy atom. The number of carbonyl (C=O) groups excluding carboxylic acids is 6. The molecule has 272 valence electrons. The molecule has 1 heterocycles. The van der Waals surface area contributed by atoms with Gasteiger partial charge in [0.25, 0.3) is 0 Å². The Kier molecular flexibility index (Phi) is 16.7. The predicted octanol–water partition coefficient (Wildman–Crippen LogP) is -1.26. The molecule has 1 aliphatic rings. The number of rotatable bonds is 17. The summed E-state index contributed by atoms with van der Waals surface area (Å²) in [6, 6.07) is 11.7. The number of nitrogens with two attached hydrogens (primary N) is 2. The normalized spacial score (nSPS) is 15.3. The SMILES string of the molecule is CSCC[C@@H](NC(=O)[C@H](Cc1ccc(OC(C)=O)cc1)NC(=N)N)C(=O)NCC(=O)N[C@@H](Cc1ccccc1)C(=O)N1CCC[C@H]1C(N)=O.O. The molecular weight excluding hydrogens is 668 g/mol. The summed E-state index contributed by atoms with van der Waals surface area (Å²) in [4.78, 5) is 77.9. The molecule has 1 saturated heterocycles. The zero-order valence-electron chi connectivity index (χ0n) is 28.0. The maximum Gasteiger partial charge on any atom is 0.308 e. The van der Waals surface area contributed by atoms with Crippen LogP contribution < -0.4 is 37.5 Å². The van der Waals surface area contributed by atoms with E-state index < -0.39 is 72.2 Å². The maximum atomic E-state index is 13.5. The first-order chi connectivity index (χ1) is 23.4. The van der Waals surface area contributed by atoms with Crippen LogP contribution in [0.25, 0.3) is 0 Å². The molecule has 11 N–H and O–H groups in total. The average Bonchev–Trinajstić information content (AvgIpc) is 3.56. The van der Waals surface area contributed by atoms with E-state index in [4.69, 9.17) is 21.6 Å². The lowest BCUT2D eigenvalue weighted by atomic mass is 10.0. The summed E-state index contributed by atoms with van der Waals surface area (Å²) >= 11 is 1.46. The third-order valence-corrected chi connectivity index (χ3v) is 8.36. The number of guanidine groups is 1. The Morgan fingerprint density at radius 3 is 2.14 bits per heavy atom. The van der Waals surface area contributed by atoms with Crippen molar-refractivity contribution in [3.63, 3.8) is 0 Å². The highest BCUT2D eigenvalue weighted by Crippen LogP contribution is 2.19. The van der Waals surface area contributed by atoms with Crippen molar-refractivity contribution in [3.05, 3.63) is 65.7 Å².